The van der Waals surface area contributed by atoms with Crippen molar-refractivity contribution in [3.63, 3.8) is 0 Å². The van der Waals surface area contributed by atoms with Crippen molar-refractivity contribution in [3.8, 4) is 11.5 Å². The third kappa shape index (κ3) is 4.30. The molecule has 2 aromatic carbocycles. The maximum absolute atomic E-state index is 13.2. The number of aliphatic hydroxyl groups is 1. The van der Waals surface area contributed by atoms with Gasteiger partial charge in [-0.2, -0.15) is 0 Å². The quantitative estimate of drug-likeness (QED) is 0.328. The molecule has 33 heavy (non-hydrogen) atoms. The van der Waals surface area contributed by atoms with E-state index in [2.05, 4.69) is 4.98 Å². The number of ketones is 1. The SMILES string of the molecule is CCCOc1cccc(/C(O)=C2/C(=O)C(=O)N(c3ccc(OC)cc3)C2c2cccnc2)c1. The first-order valence-electron chi connectivity index (χ1n) is 10.6. The summed E-state index contributed by atoms with van der Waals surface area (Å²) in [6, 6.07) is 16.3. The molecule has 168 valence electrons. The highest BCUT2D eigenvalue weighted by atomic mass is 16.5. The van der Waals surface area contributed by atoms with Gasteiger partial charge >= 0.3 is 0 Å². The van der Waals surface area contributed by atoms with E-state index >= 15 is 0 Å². The zero-order valence-electron chi connectivity index (χ0n) is 18.4. The number of pyridine rings is 1. The minimum atomic E-state index is -0.840. The fourth-order valence-electron chi connectivity index (χ4n) is 3.80. The van der Waals surface area contributed by atoms with E-state index in [-0.39, 0.29) is 11.3 Å². The van der Waals surface area contributed by atoms with Crippen molar-refractivity contribution in [2.75, 3.05) is 18.6 Å². The van der Waals surface area contributed by atoms with Crippen molar-refractivity contribution in [2.45, 2.75) is 19.4 Å². The maximum Gasteiger partial charge on any atom is 0.300 e. The molecule has 0 saturated carbocycles. The Hall–Kier alpha value is -4.13. The Morgan fingerprint density at radius 1 is 1.06 bits per heavy atom. The zero-order chi connectivity index (χ0) is 23.4. The number of rotatable bonds is 7. The first-order chi connectivity index (χ1) is 16.0. The van der Waals surface area contributed by atoms with Crippen LogP contribution in [0.3, 0.4) is 0 Å². The molecule has 4 rings (SSSR count). The highest BCUT2D eigenvalue weighted by Crippen LogP contribution is 2.42. The van der Waals surface area contributed by atoms with Crippen LogP contribution in [0, 0.1) is 0 Å². The number of amides is 1. The van der Waals surface area contributed by atoms with Gasteiger partial charge in [0, 0.05) is 23.6 Å². The van der Waals surface area contributed by atoms with E-state index in [0.29, 0.717) is 34.9 Å². The molecule has 1 atom stereocenters. The highest BCUT2D eigenvalue weighted by Gasteiger charge is 2.47. The minimum Gasteiger partial charge on any atom is -0.507 e. The van der Waals surface area contributed by atoms with Crippen LogP contribution in [0.15, 0.2) is 78.6 Å². The summed E-state index contributed by atoms with van der Waals surface area (Å²) in [6.45, 7) is 2.53. The van der Waals surface area contributed by atoms with Gasteiger partial charge in [-0.15, -0.1) is 0 Å². The molecule has 0 bridgehead atoms. The number of anilines is 1. The topological polar surface area (TPSA) is 89.0 Å². The number of hydrogen-bond donors (Lipinski definition) is 1. The van der Waals surface area contributed by atoms with Gasteiger partial charge in [0.25, 0.3) is 11.7 Å². The van der Waals surface area contributed by atoms with Crippen molar-refractivity contribution >= 4 is 23.1 Å². The molecule has 1 N–H and O–H groups in total. The Morgan fingerprint density at radius 2 is 1.85 bits per heavy atom. The van der Waals surface area contributed by atoms with Crippen LogP contribution < -0.4 is 14.4 Å². The van der Waals surface area contributed by atoms with Gasteiger partial charge in [-0.25, -0.2) is 0 Å². The molecule has 1 aliphatic heterocycles. The molecular weight excluding hydrogens is 420 g/mol. The molecule has 3 aromatic rings. The van der Waals surface area contributed by atoms with E-state index in [9.17, 15) is 14.7 Å². The van der Waals surface area contributed by atoms with Crippen molar-refractivity contribution in [2.24, 2.45) is 0 Å². The van der Waals surface area contributed by atoms with Gasteiger partial charge in [0.2, 0.25) is 0 Å². The van der Waals surface area contributed by atoms with Crippen molar-refractivity contribution < 1.29 is 24.2 Å². The van der Waals surface area contributed by atoms with Gasteiger partial charge in [0.05, 0.1) is 25.3 Å². The number of nitrogens with zero attached hydrogens (tertiary/aromatic N) is 2. The lowest BCUT2D eigenvalue weighted by Crippen LogP contribution is -2.29. The Bertz CT molecular complexity index is 1190. The molecule has 0 spiro atoms. The summed E-state index contributed by atoms with van der Waals surface area (Å²) in [6.07, 6.45) is 4.03. The standard InChI is InChI=1S/C26H24N2O5/c1-3-14-33-21-8-4-6-17(15-21)24(29)22-23(18-7-5-13-27-16-18)28(26(31)25(22)30)19-9-11-20(32-2)12-10-19/h4-13,15-16,23,29H,3,14H2,1-2H3/b24-22-. The van der Waals surface area contributed by atoms with E-state index in [1.807, 2.05) is 6.92 Å². The Morgan fingerprint density at radius 3 is 2.52 bits per heavy atom. The molecule has 7 heteroatoms. The lowest BCUT2D eigenvalue weighted by atomic mass is 9.96. The molecule has 1 fully saturated rings. The van der Waals surface area contributed by atoms with Crippen LogP contribution in [0.5, 0.6) is 11.5 Å². The number of aromatic nitrogens is 1. The molecule has 1 unspecified atom stereocenters. The number of Topliss-reactive ketones (excluding diaryl/α,β-unsaturated/α-hetero) is 1. The molecule has 1 aliphatic rings. The van der Waals surface area contributed by atoms with Gasteiger partial charge in [-0.3, -0.25) is 19.5 Å². The number of methoxy groups -OCH3 is 1. The third-order valence-corrected chi connectivity index (χ3v) is 5.38. The first-order valence-corrected chi connectivity index (χ1v) is 10.6. The number of aliphatic hydroxyl groups excluding tert-OH is 1. The van der Waals surface area contributed by atoms with Crippen LogP contribution in [0.4, 0.5) is 5.69 Å². The zero-order valence-corrected chi connectivity index (χ0v) is 18.4. The van der Waals surface area contributed by atoms with Gasteiger partial charge in [0.1, 0.15) is 17.3 Å². The van der Waals surface area contributed by atoms with Gasteiger partial charge in [-0.05, 0) is 54.4 Å². The predicted octanol–water partition coefficient (Wildman–Crippen LogP) is 4.51. The molecule has 2 heterocycles. The monoisotopic (exact) mass is 444 g/mol. The fraction of sp³-hybridized carbons (Fsp3) is 0.192. The van der Waals surface area contributed by atoms with Gasteiger partial charge in [0.15, 0.2) is 0 Å². The number of carbonyl (C=O) groups excluding carboxylic acids is 2. The number of hydrogen-bond acceptors (Lipinski definition) is 6. The van der Waals surface area contributed by atoms with Crippen molar-refractivity contribution in [1.29, 1.82) is 0 Å². The summed E-state index contributed by atoms with van der Waals surface area (Å²) in [7, 11) is 1.55. The van der Waals surface area contributed by atoms with Crippen molar-refractivity contribution in [3.05, 3.63) is 89.8 Å². The second-order valence-corrected chi connectivity index (χ2v) is 7.53. The summed E-state index contributed by atoms with van der Waals surface area (Å²) in [4.78, 5) is 31.9. The van der Waals surface area contributed by atoms with Crippen LogP contribution in [-0.2, 0) is 9.59 Å². The Labute approximate surface area is 191 Å². The van der Waals surface area contributed by atoms with E-state index in [0.717, 1.165) is 6.42 Å². The summed E-state index contributed by atoms with van der Waals surface area (Å²) in [5.41, 5.74) is 1.50. The third-order valence-electron chi connectivity index (χ3n) is 5.38. The number of ether oxygens (including phenoxy) is 2. The molecular formula is C26H24N2O5. The average molecular weight is 444 g/mol. The minimum absolute atomic E-state index is 0.00328. The van der Waals surface area contributed by atoms with Crippen molar-refractivity contribution in [1.82, 2.24) is 4.98 Å². The van der Waals surface area contributed by atoms with Crippen LogP contribution in [-0.4, -0.2) is 35.5 Å². The van der Waals surface area contributed by atoms with Crippen LogP contribution in [0.2, 0.25) is 0 Å². The second kappa shape index (κ2) is 9.56. The summed E-state index contributed by atoms with van der Waals surface area (Å²) in [5.74, 6) is -0.563. The van der Waals surface area contributed by atoms with E-state index in [4.69, 9.17) is 9.47 Å². The summed E-state index contributed by atoms with van der Waals surface area (Å²) < 4.78 is 10.9. The van der Waals surface area contributed by atoms with E-state index in [1.165, 1.54) is 4.90 Å². The summed E-state index contributed by atoms with van der Waals surface area (Å²) in [5, 5.41) is 11.2. The van der Waals surface area contributed by atoms with Gasteiger partial charge < -0.3 is 14.6 Å². The van der Waals surface area contributed by atoms with E-state index < -0.39 is 17.7 Å². The number of carbonyl (C=O) groups is 2. The Kier molecular flexibility index (Phi) is 6.40. The predicted molar refractivity (Wildman–Crippen MR) is 124 cm³/mol. The molecule has 1 saturated heterocycles. The van der Waals surface area contributed by atoms with Crippen LogP contribution in [0.1, 0.15) is 30.5 Å². The summed E-state index contributed by atoms with van der Waals surface area (Å²) >= 11 is 0. The molecule has 1 aromatic heterocycles. The van der Waals surface area contributed by atoms with Crippen LogP contribution >= 0.6 is 0 Å². The molecule has 0 aliphatic carbocycles. The van der Waals surface area contributed by atoms with Crippen LogP contribution in [0.25, 0.3) is 5.76 Å². The smallest absolute Gasteiger partial charge is 0.300 e. The normalized spacial score (nSPS) is 17.3. The first kappa shape index (κ1) is 22.1. The largest absolute Gasteiger partial charge is 0.507 e. The lowest BCUT2D eigenvalue weighted by molar-refractivity contribution is -0.132. The Balaban J connectivity index is 1.85. The second-order valence-electron chi connectivity index (χ2n) is 7.53. The molecule has 7 nitrogen and oxygen atoms in total. The molecule has 1 amide bonds. The maximum atomic E-state index is 13.2. The van der Waals surface area contributed by atoms with E-state index in [1.54, 1.807) is 80.2 Å². The highest BCUT2D eigenvalue weighted by molar-refractivity contribution is 6.51. The lowest BCUT2D eigenvalue weighted by Gasteiger charge is -2.25. The average Bonchev–Trinajstić information content (AvgIpc) is 3.13. The number of benzene rings is 2. The van der Waals surface area contributed by atoms with Gasteiger partial charge in [-0.1, -0.05) is 25.1 Å². The fourth-order valence-corrected chi connectivity index (χ4v) is 3.80. The molecule has 0 radical (unpaired) electrons.